The van der Waals surface area contributed by atoms with Crippen LogP contribution in [0, 0.1) is 12.7 Å². The molecule has 4 nitrogen and oxygen atoms in total. The lowest BCUT2D eigenvalue weighted by Gasteiger charge is -2.17. The van der Waals surface area contributed by atoms with Crippen molar-refractivity contribution < 1.29 is 9.18 Å². The predicted octanol–water partition coefficient (Wildman–Crippen LogP) is 6.75. The third-order valence-electron chi connectivity index (χ3n) is 5.35. The molecule has 0 saturated heterocycles. The van der Waals surface area contributed by atoms with Crippen LogP contribution in [0.2, 0.25) is 0 Å². The van der Waals surface area contributed by atoms with Crippen LogP contribution < -0.4 is 5.32 Å². The average Bonchev–Trinajstić information content (AvgIpc) is 3.36. The molecule has 0 aliphatic rings. The van der Waals surface area contributed by atoms with Crippen LogP contribution >= 0.6 is 11.3 Å². The number of hydrogen-bond acceptors (Lipinski definition) is 3. The van der Waals surface area contributed by atoms with Gasteiger partial charge in [0.1, 0.15) is 11.6 Å². The van der Waals surface area contributed by atoms with Crippen LogP contribution in [0.25, 0.3) is 22.4 Å². The van der Waals surface area contributed by atoms with Crippen molar-refractivity contribution in [1.82, 2.24) is 9.55 Å². The summed E-state index contributed by atoms with van der Waals surface area (Å²) in [7, 11) is 0. The van der Waals surface area contributed by atoms with Crippen LogP contribution in [-0.2, 0) is 11.2 Å². The highest BCUT2D eigenvalue weighted by atomic mass is 32.1. The molecule has 6 heteroatoms. The Morgan fingerprint density at radius 3 is 2.77 bits per heavy atom. The molecule has 0 radical (unpaired) electrons. The number of carbonyl (C=O) groups excluding carboxylic acids is 1. The lowest BCUT2D eigenvalue weighted by molar-refractivity contribution is -0.116. The van der Waals surface area contributed by atoms with Crippen LogP contribution in [0.1, 0.15) is 43.2 Å². The smallest absolute Gasteiger partial charge is 0.224 e. The van der Waals surface area contributed by atoms with Crippen molar-refractivity contribution in [3.63, 3.8) is 0 Å². The van der Waals surface area contributed by atoms with Gasteiger partial charge in [0, 0.05) is 29.0 Å². The molecule has 0 unspecified atom stereocenters. The summed E-state index contributed by atoms with van der Waals surface area (Å²) in [5.41, 5.74) is 4.07. The van der Waals surface area contributed by atoms with Gasteiger partial charge in [0.25, 0.3) is 0 Å². The average molecular weight is 436 g/mol. The summed E-state index contributed by atoms with van der Waals surface area (Å²) >= 11 is 1.72. The summed E-state index contributed by atoms with van der Waals surface area (Å²) in [6.07, 6.45) is 2.16. The van der Waals surface area contributed by atoms with E-state index >= 15 is 0 Å². The van der Waals surface area contributed by atoms with E-state index < -0.39 is 0 Å². The number of rotatable bonds is 7. The maximum Gasteiger partial charge on any atom is 0.224 e. The number of anilines is 1. The number of imidazole rings is 1. The molecule has 2 aromatic carbocycles. The number of aromatic nitrogens is 2. The van der Waals surface area contributed by atoms with Crippen LogP contribution in [-0.4, -0.2) is 15.5 Å². The number of aryl methyl sites for hydroxylation is 2. The number of benzene rings is 2. The highest BCUT2D eigenvalue weighted by Crippen LogP contribution is 2.35. The van der Waals surface area contributed by atoms with Gasteiger partial charge < -0.3 is 9.88 Å². The number of amides is 1. The molecule has 0 aliphatic carbocycles. The van der Waals surface area contributed by atoms with Gasteiger partial charge in [-0.3, -0.25) is 4.79 Å². The van der Waals surface area contributed by atoms with Crippen LogP contribution in [0.3, 0.4) is 0 Å². The molecule has 0 saturated carbocycles. The largest absolute Gasteiger partial charge is 0.325 e. The van der Waals surface area contributed by atoms with Gasteiger partial charge in [-0.05, 0) is 68.8 Å². The maximum absolute atomic E-state index is 13.8. The molecule has 160 valence electrons. The molecule has 4 rings (SSSR count). The topological polar surface area (TPSA) is 46.9 Å². The fourth-order valence-electron chi connectivity index (χ4n) is 3.88. The highest BCUT2D eigenvalue weighted by molar-refractivity contribution is 7.09. The SMILES string of the molecule is Cc1cccc(-c2nc3cc(F)ccc3n2C(C)C)c1NC(=O)CCCc1cccs1. The summed E-state index contributed by atoms with van der Waals surface area (Å²) in [6, 6.07) is 14.8. The molecule has 0 aliphatic heterocycles. The second-order valence-corrected chi connectivity index (χ2v) is 9.04. The van der Waals surface area contributed by atoms with Gasteiger partial charge in [0.2, 0.25) is 5.91 Å². The molecular formula is C25H26FN3OS. The van der Waals surface area contributed by atoms with Gasteiger partial charge in [0.05, 0.1) is 16.7 Å². The second-order valence-electron chi connectivity index (χ2n) is 8.01. The van der Waals surface area contributed by atoms with Crippen LogP contribution in [0.5, 0.6) is 0 Å². The Kier molecular flexibility index (Phi) is 6.18. The van der Waals surface area contributed by atoms with E-state index in [1.165, 1.54) is 17.0 Å². The van der Waals surface area contributed by atoms with E-state index in [1.54, 1.807) is 17.4 Å². The minimum Gasteiger partial charge on any atom is -0.325 e. The lowest BCUT2D eigenvalue weighted by Crippen LogP contribution is -2.14. The summed E-state index contributed by atoms with van der Waals surface area (Å²) in [5.74, 6) is 0.412. The first-order chi connectivity index (χ1) is 14.9. The van der Waals surface area contributed by atoms with Gasteiger partial charge in [-0.25, -0.2) is 9.37 Å². The van der Waals surface area contributed by atoms with Gasteiger partial charge in [-0.2, -0.15) is 0 Å². The van der Waals surface area contributed by atoms with Crippen LogP contribution in [0.4, 0.5) is 10.1 Å². The van der Waals surface area contributed by atoms with Crippen molar-refractivity contribution in [3.05, 3.63) is 70.2 Å². The van der Waals surface area contributed by atoms with Crippen molar-refractivity contribution in [2.45, 2.75) is 46.1 Å². The summed E-state index contributed by atoms with van der Waals surface area (Å²) in [4.78, 5) is 18.8. The Morgan fingerprint density at radius 1 is 1.19 bits per heavy atom. The molecule has 0 fully saturated rings. The standard InChI is InChI=1S/C25H26FN3OS/c1-16(2)29-22-13-12-18(26)15-21(22)27-25(29)20-10-4-7-17(3)24(20)28-23(30)11-5-8-19-9-6-14-31-19/h4,6-7,9-10,12-16H,5,8,11H2,1-3H3,(H,28,30). The number of thiophene rings is 1. The Morgan fingerprint density at radius 2 is 2.03 bits per heavy atom. The molecule has 0 bridgehead atoms. The van der Waals surface area contributed by atoms with Crippen molar-refractivity contribution in [2.24, 2.45) is 0 Å². The summed E-state index contributed by atoms with van der Waals surface area (Å²) in [5, 5.41) is 5.17. The monoisotopic (exact) mass is 435 g/mol. The second kappa shape index (κ2) is 9.02. The summed E-state index contributed by atoms with van der Waals surface area (Å²) in [6.45, 7) is 6.13. The Hall–Kier alpha value is -2.99. The van der Waals surface area contributed by atoms with Gasteiger partial charge in [-0.1, -0.05) is 18.2 Å². The molecule has 0 atom stereocenters. The zero-order valence-corrected chi connectivity index (χ0v) is 18.8. The van der Waals surface area contributed by atoms with Crippen molar-refractivity contribution >= 4 is 34.0 Å². The number of nitrogens with one attached hydrogen (secondary N) is 1. The zero-order chi connectivity index (χ0) is 22.0. The van der Waals surface area contributed by atoms with Gasteiger partial charge >= 0.3 is 0 Å². The third-order valence-corrected chi connectivity index (χ3v) is 6.29. The lowest BCUT2D eigenvalue weighted by atomic mass is 10.1. The van der Waals surface area contributed by atoms with E-state index in [-0.39, 0.29) is 17.8 Å². The number of para-hydroxylation sites is 1. The molecule has 0 spiro atoms. The highest BCUT2D eigenvalue weighted by Gasteiger charge is 2.20. The van der Waals surface area contributed by atoms with E-state index in [1.807, 2.05) is 31.2 Å². The van der Waals surface area contributed by atoms with E-state index in [2.05, 4.69) is 35.2 Å². The van der Waals surface area contributed by atoms with E-state index in [0.717, 1.165) is 41.0 Å². The first kappa shape index (κ1) is 21.2. The predicted molar refractivity (Wildman–Crippen MR) is 126 cm³/mol. The maximum atomic E-state index is 13.8. The minimum absolute atomic E-state index is 0.00893. The molecule has 1 amide bonds. The molecule has 4 aromatic rings. The number of carbonyl (C=O) groups is 1. The van der Waals surface area contributed by atoms with Crippen molar-refractivity contribution in [1.29, 1.82) is 0 Å². The van der Waals surface area contributed by atoms with Gasteiger partial charge in [0.15, 0.2) is 0 Å². The van der Waals surface area contributed by atoms with Gasteiger partial charge in [-0.15, -0.1) is 11.3 Å². The Labute approximate surface area is 185 Å². The third kappa shape index (κ3) is 4.54. The molecule has 2 aromatic heterocycles. The molecule has 31 heavy (non-hydrogen) atoms. The number of halogens is 1. The van der Waals surface area contributed by atoms with Crippen LogP contribution in [0.15, 0.2) is 53.9 Å². The quantitative estimate of drug-likeness (QED) is 0.349. The van der Waals surface area contributed by atoms with E-state index in [4.69, 9.17) is 4.98 Å². The Bertz CT molecular complexity index is 1210. The molecule has 1 N–H and O–H groups in total. The number of fused-ring (bicyclic) bond motifs is 1. The molecular weight excluding hydrogens is 409 g/mol. The van der Waals surface area contributed by atoms with E-state index in [9.17, 15) is 9.18 Å². The fraction of sp³-hybridized carbons (Fsp3) is 0.280. The molecule has 2 heterocycles. The number of nitrogens with zero attached hydrogens (tertiary/aromatic N) is 2. The minimum atomic E-state index is -0.309. The fourth-order valence-corrected chi connectivity index (χ4v) is 4.64. The Balaban J connectivity index is 1.65. The number of hydrogen-bond donors (Lipinski definition) is 1. The van der Waals surface area contributed by atoms with Crippen molar-refractivity contribution in [2.75, 3.05) is 5.32 Å². The van der Waals surface area contributed by atoms with Crippen molar-refractivity contribution in [3.8, 4) is 11.4 Å². The normalized spacial score (nSPS) is 11.4. The first-order valence-electron chi connectivity index (χ1n) is 10.5. The first-order valence-corrected chi connectivity index (χ1v) is 11.4. The zero-order valence-electron chi connectivity index (χ0n) is 18.0. The van der Waals surface area contributed by atoms with E-state index in [0.29, 0.717) is 11.9 Å². The summed E-state index contributed by atoms with van der Waals surface area (Å²) < 4.78 is 15.9.